The third-order valence-corrected chi connectivity index (χ3v) is 2.20. The highest BCUT2D eigenvalue weighted by Crippen LogP contribution is 2.23. The first-order valence-corrected chi connectivity index (χ1v) is 4.50. The van der Waals surface area contributed by atoms with E-state index in [1.54, 1.807) is 19.1 Å². The topological polar surface area (TPSA) is 46.5 Å². The van der Waals surface area contributed by atoms with E-state index in [0.29, 0.717) is 16.1 Å². The summed E-state index contributed by atoms with van der Waals surface area (Å²) in [5, 5.41) is 9.65. The maximum absolute atomic E-state index is 11.1. The molecule has 0 saturated carbocycles. The zero-order valence-corrected chi connectivity index (χ0v) is 8.71. The van der Waals surface area contributed by atoms with Crippen molar-refractivity contribution < 1.29 is 14.6 Å². The first-order chi connectivity index (χ1) is 6.56. The van der Waals surface area contributed by atoms with Crippen molar-refractivity contribution in [2.24, 2.45) is 0 Å². The van der Waals surface area contributed by atoms with Crippen molar-refractivity contribution in [3.63, 3.8) is 0 Å². The van der Waals surface area contributed by atoms with Gasteiger partial charge in [-0.2, -0.15) is 0 Å². The Labute approximate surface area is 87.3 Å². The van der Waals surface area contributed by atoms with E-state index in [1.165, 1.54) is 13.2 Å². The Kier molecular flexibility index (Phi) is 3.49. The van der Waals surface area contributed by atoms with Gasteiger partial charge in [0, 0.05) is 5.02 Å². The van der Waals surface area contributed by atoms with Crippen molar-refractivity contribution in [1.29, 1.82) is 0 Å². The molecule has 1 N–H and O–H groups in total. The summed E-state index contributed by atoms with van der Waals surface area (Å²) in [4.78, 5) is 11.1. The second-order valence-electron chi connectivity index (χ2n) is 2.90. The average molecular weight is 215 g/mol. The van der Waals surface area contributed by atoms with Gasteiger partial charge in [0.05, 0.1) is 18.8 Å². The molecule has 0 aromatic heterocycles. The van der Waals surface area contributed by atoms with Gasteiger partial charge < -0.3 is 9.84 Å². The molecule has 76 valence electrons. The van der Waals surface area contributed by atoms with E-state index in [1.807, 2.05) is 0 Å². The van der Waals surface area contributed by atoms with Crippen LogP contribution in [0.3, 0.4) is 0 Å². The molecule has 0 amide bonds. The first-order valence-electron chi connectivity index (χ1n) is 4.12. The lowest BCUT2D eigenvalue weighted by Gasteiger charge is -2.08. The number of hydrogen-bond acceptors (Lipinski definition) is 3. The average Bonchev–Trinajstić information content (AvgIpc) is 2.15. The van der Waals surface area contributed by atoms with E-state index in [2.05, 4.69) is 4.74 Å². The van der Waals surface area contributed by atoms with Crippen LogP contribution in [0.15, 0.2) is 18.2 Å². The van der Waals surface area contributed by atoms with Crippen molar-refractivity contribution in [1.82, 2.24) is 0 Å². The molecule has 0 spiro atoms. The maximum atomic E-state index is 11.1. The summed E-state index contributed by atoms with van der Waals surface area (Å²) in [6.45, 7) is 1.61. The molecule has 0 bridgehead atoms. The number of ether oxygens (including phenoxy) is 1. The Bertz CT molecular complexity index is 347. The Hall–Kier alpha value is -1.06. The molecule has 3 nitrogen and oxygen atoms in total. The maximum Gasteiger partial charge on any atom is 0.337 e. The van der Waals surface area contributed by atoms with Crippen LogP contribution in [-0.4, -0.2) is 18.2 Å². The van der Waals surface area contributed by atoms with Crippen LogP contribution < -0.4 is 0 Å². The summed E-state index contributed by atoms with van der Waals surface area (Å²) in [5.41, 5.74) is 0.973. The SMILES string of the molecule is COC(=O)c1ccc(C(C)O)c(Cl)c1. The highest BCUT2D eigenvalue weighted by atomic mass is 35.5. The molecule has 1 aromatic carbocycles. The number of aliphatic hydroxyl groups excluding tert-OH is 1. The zero-order valence-electron chi connectivity index (χ0n) is 7.95. The number of esters is 1. The Morgan fingerprint density at radius 1 is 1.57 bits per heavy atom. The molecule has 0 aliphatic heterocycles. The van der Waals surface area contributed by atoms with E-state index in [4.69, 9.17) is 11.6 Å². The van der Waals surface area contributed by atoms with Gasteiger partial charge >= 0.3 is 5.97 Å². The summed E-state index contributed by atoms with van der Waals surface area (Å²) in [5.74, 6) is -0.441. The second-order valence-corrected chi connectivity index (χ2v) is 3.31. The number of methoxy groups -OCH3 is 1. The molecule has 1 unspecified atom stereocenters. The molecular formula is C10H11ClO3. The van der Waals surface area contributed by atoms with Crippen molar-refractivity contribution in [3.05, 3.63) is 34.3 Å². The fourth-order valence-corrected chi connectivity index (χ4v) is 1.45. The van der Waals surface area contributed by atoms with Gasteiger partial charge in [-0.05, 0) is 24.6 Å². The minimum Gasteiger partial charge on any atom is -0.465 e. The third-order valence-electron chi connectivity index (χ3n) is 1.87. The predicted molar refractivity (Wildman–Crippen MR) is 53.4 cm³/mol. The van der Waals surface area contributed by atoms with E-state index in [0.717, 1.165) is 0 Å². The van der Waals surface area contributed by atoms with E-state index < -0.39 is 12.1 Å². The number of aliphatic hydroxyl groups is 1. The molecule has 0 heterocycles. The molecule has 0 aliphatic carbocycles. The minimum absolute atomic E-state index is 0.364. The van der Waals surface area contributed by atoms with Crippen molar-refractivity contribution in [3.8, 4) is 0 Å². The molecule has 0 radical (unpaired) electrons. The summed E-state index contributed by atoms with van der Waals surface area (Å²) < 4.78 is 4.53. The second kappa shape index (κ2) is 4.44. The number of benzene rings is 1. The number of hydrogen-bond donors (Lipinski definition) is 1. The minimum atomic E-state index is -0.644. The van der Waals surface area contributed by atoms with Gasteiger partial charge in [-0.25, -0.2) is 4.79 Å². The zero-order chi connectivity index (χ0) is 10.7. The van der Waals surface area contributed by atoms with Gasteiger partial charge in [0.15, 0.2) is 0 Å². The standard InChI is InChI=1S/C10H11ClO3/c1-6(12)8-4-3-7(5-9(8)11)10(13)14-2/h3-6,12H,1-2H3. The summed E-state index contributed by atoms with van der Waals surface area (Å²) in [6, 6.07) is 4.66. The highest BCUT2D eigenvalue weighted by molar-refractivity contribution is 6.31. The fourth-order valence-electron chi connectivity index (χ4n) is 1.11. The first kappa shape index (κ1) is 11.0. The van der Waals surface area contributed by atoms with Gasteiger partial charge in [-0.1, -0.05) is 17.7 Å². The van der Waals surface area contributed by atoms with Crippen LogP contribution in [-0.2, 0) is 4.74 Å². The van der Waals surface area contributed by atoms with Gasteiger partial charge in [0.1, 0.15) is 0 Å². The van der Waals surface area contributed by atoms with Crippen LogP contribution in [0, 0.1) is 0 Å². The summed E-state index contributed by atoms with van der Waals surface area (Å²) >= 11 is 5.86. The van der Waals surface area contributed by atoms with Gasteiger partial charge in [0.2, 0.25) is 0 Å². The lowest BCUT2D eigenvalue weighted by Crippen LogP contribution is -2.02. The van der Waals surface area contributed by atoms with Crippen molar-refractivity contribution >= 4 is 17.6 Å². The molecule has 14 heavy (non-hydrogen) atoms. The summed E-state index contributed by atoms with van der Waals surface area (Å²) in [6.07, 6.45) is -0.644. The van der Waals surface area contributed by atoms with Gasteiger partial charge in [-0.3, -0.25) is 0 Å². The summed E-state index contributed by atoms with van der Waals surface area (Å²) in [7, 11) is 1.30. The normalized spacial score (nSPS) is 12.3. The lowest BCUT2D eigenvalue weighted by molar-refractivity contribution is 0.0600. The largest absolute Gasteiger partial charge is 0.465 e. The number of rotatable bonds is 2. The van der Waals surface area contributed by atoms with Crippen LogP contribution in [0.4, 0.5) is 0 Å². The fraction of sp³-hybridized carbons (Fsp3) is 0.300. The number of carbonyl (C=O) groups is 1. The van der Waals surface area contributed by atoms with E-state index in [9.17, 15) is 9.90 Å². The molecule has 1 atom stereocenters. The van der Waals surface area contributed by atoms with E-state index >= 15 is 0 Å². The molecule has 0 aliphatic rings. The van der Waals surface area contributed by atoms with Gasteiger partial charge in [0.25, 0.3) is 0 Å². The molecule has 4 heteroatoms. The molecule has 1 aromatic rings. The van der Waals surface area contributed by atoms with Crippen LogP contribution in [0.5, 0.6) is 0 Å². The highest BCUT2D eigenvalue weighted by Gasteiger charge is 2.10. The molecule has 0 saturated heterocycles. The lowest BCUT2D eigenvalue weighted by atomic mass is 10.1. The van der Waals surface area contributed by atoms with Gasteiger partial charge in [-0.15, -0.1) is 0 Å². The Morgan fingerprint density at radius 2 is 2.21 bits per heavy atom. The smallest absolute Gasteiger partial charge is 0.337 e. The van der Waals surface area contributed by atoms with Crippen LogP contribution in [0.25, 0.3) is 0 Å². The van der Waals surface area contributed by atoms with Crippen LogP contribution in [0.1, 0.15) is 28.9 Å². The predicted octanol–water partition coefficient (Wildman–Crippen LogP) is 2.18. The number of carbonyl (C=O) groups excluding carboxylic acids is 1. The monoisotopic (exact) mass is 214 g/mol. The van der Waals surface area contributed by atoms with Crippen molar-refractivity contribution in [2.45, 2.75) is 13.0 Å². The number of halogens is 1. The quantitative estimate of drug-likeness (QED) is 0.768. The molecule has 1 rings (SSSR count). The molecule has 0 fully saturated rings. The third kappa shape index (κ3) is 2.25. The van der Waals surface area contributed by atoms with Crippen LogP contribution >= 0.6 is 11.6 Å². The van der Waals surface area contributed by atoms with E-state index in [-0.39, 0.29) is 0 Å². The van der Waals surface area contributed by atoms with Crippen molar-refractivity contribution in [2.75, 3.05) is 7.11 Å². The Balaban J connectivity index is 3.06. The Morgan fingerprint density at radius 3 is 2.64 bits per heavy atom. The van der Waals surface area contributed by atoms with Crippen LogP contribution in [0.2, 0.25) is 5.02 Å². The molecular weight excluding hydrogens is 204 g/mol.